The van der Waals surface area contributed by atoms with Crippen LogP contribution in [0.25, 0.3) is 21.1 Å². The highest BCUT2D eigenvalue weighted by atomic mass is 32.1. The van der Waals surface area contributed by atoms with E-state index in [2.05, 4.69) is 42.0 Å². The SMILES string of the molecule is C=CC(=O)Nc1ccc2c(N3CC[C@@H](Nc4ncc5sccc5n4)C3)ncnc2c1. The fourth-order valence-electron chi connectivity index (χ4n) is 3.65. The van der Waals surface area contributed by atoms with Gasteiger partial charge in [-0.2, -0.15) is 0 Å². The van der Waals surface area contributed by atoms with E-state index in [4.69, 9.17) is 0 Å². The average Bonchev–Trinajstić information content (AvgIpc) is 3.42. The largest absolute Gasteiger partial charge is 0.354 e. The normalized spacial score (nSPS) is 16.1. The lowest BCUT2D eigenvalue weighted by atomic mass is 10.2. The molecule has 4 heterocycles. The predicted octanol–water partition coefficient (Wildman–Crippen LogP) is 3.45. The van der Waals surface area contributed by atoms with Gasteiger partial charge in [-0.3, -0.25) is 4.79 Å². The summed E-state index contributed by atoms with van der Waals surface area (Å²) in [6.45, 7) is 5.15. The summed E-state index contributed by atoms with van der Waals surface area (Å²) in [6, 6.07) is 7.88. The van der Waals surface area contributed by atoms with Crippen LogP contribution in [0.15, 0.2) is 54.8 Å². The second-order valence-corrected chi connectivity index (χ2v) is 8.01. The standard InChI is InChI=1S/C21H19N7OS/c1-2-19(29)25-13-3-4-15-17(9-13)23-12-24-20(15)28-7-5-14(11-28)26-21-22-10-18-16(27-21)6-8-30-18/h2-4,6,8-10,12,14H,1,5,7,11H2,(H,25,29)(H,22,26,27)/t14-/m1/s1. The van der Waals surface area contributed by atoms with Crippen molar-refractivity contribution in [2.75, 3.05) is 28.6 Å². The van der Waals surface area contributed by atoms with E-state index in [0.29, 0.717) is 11.6 Å². The lowest BCUT2D eigenvalue weighted by Gasteiger charge is -2.19. The Labute approximate surface area is 176 Å². The van der Waals surface area contributed by atoms with E-state index in [1.807, 2.05) is 35.8 Å². The molecule has 1 amide bonds. The maximum atomic E-state index is 11.5. The van der Waals surface area contributed by atoms with Crippen LogP contribution in [0, 0.1) is 0 Å². The molecule has 4 aromatic rings. The summed E-state index contributed by atoms with van der Waals surface area (Å²) in [5.41, 5.74) is 2.43. The molecule has 0 radical (unpaired) electrons. The van der Waals surface area contributed by atoms with Crippen LogP contribution in [0.3, 0.4) is 0 Å². The second kappa shape index (κ2) is 7.68. The molecule has 0 aliphatic carbocycles. The number of amides is 1. The minimum absolute atomic E-state index is 0.234. The summed E-state index contributed by atoms with van der Waals surface area (Å²) < 4.78 is 1.09. The van der Waals surface area contributed by atoms with Gasteiger partial charge in [0, 0.05) is 30.2 Å². The summed E-state index contributed by atoms with van der Waals surface area (Å²) >= 11 is 1.64. The molecule has 8 nitrogen and oxygen atoms in total. The molecule has 0 saturated carbocycles. The van der Waals surface area contributed by atoms with Crippen molar-refractivity contribution >= 4 is 55.8 Å². The molecule has 30 heavy (non-hydrogen) atoms. The molecule has 1 atom stereocenters. The van der Waals surface area contributed by atoms with Crippen molar-refractivity contribution < 1.29 is 4.79 Å². The van der Waals surface area contributed by atoms with Crippen molar-refractivity contribution in [1.82, 2.24) is 19.9 Å². The fourth-order valence-corrected chi connectivity index (χ4v) is 4.35. The fraction of sp³-hybridized carbons (Fsp3) is 0.190. The monoisotopic (exact) mass is 417 g/mol. The van der Waals surface area contributed by atoms with Crippen molar-refractivity contribution in [3.63, 3.8) is 0 Å². The average molecular weight is 417 g/mol. The number of hydrogen-bond donors (Lipinski definition) is 2. The Morgan fingerprint density at radius 3 is 3.07 bits per heavy atom. The van der Waals surface area contributed by atoms with E-state index >= 15 is 0 Å². The minimum Gasteiger partial charge on any atom is -0.354 e. The number of benzene rings is 1. The van der Waals surface area contributed by atoms with Gasteiger partial charge in [-0.1, -0.05) is 6.58 Å². The first kappa shape index (κ1) is 18.4. The number of hydrogen-bond acceptors (Lipinski definition) is 8. The molecule has 1 aliphatic rings. The van der Waals surface area contributed by atoms with E-state index in [0.717, 1.165) is 46.4 Å². The van der Waals surface area contributed by atoms with Gasteiger partial charge in [-0.05, 0) is 42.1 Å². The molecule has 1 fully saturated rings. The van der Waals surface area contributed by atoms with Gasteiger partial charge in [0.15, 0.2) is 0 Å². The van der Waals surface area contributed by atoms with Crippen LogP contribution >= 0.6 is 11.3 Å². The first-order chi connectivity index (χ1) is 14.7. The van der Waals surface area contributed by atoms with Crippen LogP contribution in [0.4, 0.5) is 17.5 Å². The van der Waals surface area contributed by atoms with Crippen molar-refractivity contribution in [2.24, 2.45) is 0 Å². The molecule has 1 aliphatic heterocycles. The van der Waals surface area contributed by atoms with Crippen molar-refractivity contribution in [1.29, 1.82) is 0 Å². The molecular formula is C21H19N7OS. The second-order valence-electron chi connectivity index (χ2n) is 7.06. The third-order valence-electron chi connectivity index (χ3n) is 5.09. The molecular weight excluding hydrogens is 398 g/mol. The van der Waals surface area contributed by atoms with Gasteiger partial charge >= 0.3 is 0 Å². The van der Waals surface area contributed by atoms with Crippen LogP contribution in [0.2, 0.25) is 0 Å². The smallest absolute Gasteiger partial charge is 0.247 e. The third-order valence-corrected chi connectivity index (χ3v) is 5.93. The highest BCUT2D eigenvalue weighted by Gasteiger charge is 2.25. The van der Waals surface area contributed by atoms with Crippen molar-refractivity contribution in [3.8, 4) is 0 Å². The topological polar surface area (TPSA) is 95.9 Å². The van der Waals surface area contributed by atoms with Gasteiger partial charge in [-0.15, -0.1) is 11.3 Å². The summed E-state index contributed by atoms with van der Waals surface area (Å²) in [5, 5.41) is 9.18. The zero-order valence-corrected chi connectivity index (χ0v) is 16.9. The number of aromatic nitrogens is 4. The van der Waals surface area contributed by atoms with Crippen molar-refractivity contribution in [2.45, 2.75) is 12.5 Å². The number of anilines is 3. The number of thiophene rings is 1. The number of nitrogens with one attached hydrogen (secondary N) is 2. The Morgan fingerprint density at radius 2 is 2.17 bits per heavy atom. The zero-order chi connectivity index (χ0) is 20.5. The van der Waals surface area contributed by atoms with Gasteiger partial charge in [0.25, 0.3) is 0 Å². The Kier molecular flexibility index (Phi) is 4.72. The molecule has 2 N–H and O–H groups in total. The molecule has 5 rings (SSSR count). The maximum absolute atomic E-state index is 11.5. The number of carbonyl (C=O) groups excluding carboxylic acids is 1. The van der Waals surface area contributed by atoms with E-state index in [-0.39, 0.29) is 11.9 Å². The van der Waals surface area contributed by atoms with Gasteiger partial charge in [-0.25, -0.2) is 19.9 Å². The Morgan fingerprint density at radius 1 is 1.23 bits per heavy atom. The van der Waals surface area contributed by atoms with Gasteiger partial charge in [0.05, 0.1) is 21.9 Å². The van der Waals surface area contributed by atoms with E-state index < -0.39 is 0 Å². The molecule has 0 spiro atoms. The van der Waals surface area contributed by atoms with Crippen LogP contribution in [-0.2, 0) is 4.79 Å². The van der Waals surface area contributed by atoms with Crippen LogP contribution < -0.4 is 15.5 Å². The van der Waals surface area contributed by atoms with Gasteiger partial charge in [0.2, 0.25) is 11.9 Å². The number of nitrogens with zero attached hydrogens (tertiary/aromatic N) is 5. The van der Waals surface area contributed by atoms with E-state index in [1.54, 1.807) is 17.7 Å². The number of fused-ring (bicyclic) bond motifs is 2. The summed E-state index contributed by atoms with van der Waals surface area (Å²) in [4.78, 5) is 31.7. The maximum Gasteiger partial charge on any atom is 0.247 e. The molecule has 1 aromatic carbocycles. The Bertz CT molecular complexity index is 1250. The Balaban J connectivity index is 1.34. The highest BCUT2D eigenvalue weighted by Crippen LogP contribution is 2.28. The molecule has 0 bridgehead atoms. The molecule has 3 aromatic heterocycles. The number of rotatable bonds is 5. The van der Waals surface area contributed by atoms with Crippen LogP contribution in [0.1, 0.15) is 6.42 Å². The molecule has 1 saturated heterocycles. The summed E-state index contributed by atoms with van der Waals surface area (Å²) in [7, 11) is 0. The van der Waals surface area contributed by atoms with Crippen molar-refractivity contribution in [3.05, 3.63) is 54.8 Å². The first-order valence-electron chi connectivity index (χ1n) is 9.59. The molecule has 0 unspecified atom stereocenters. The minimum atomic E-state index is -0.250. The molecule has 150 valence electrons. The lowest BCUT2D eigenvalue weighted by Crippen LogP contribution is -2.27. The quantitative estimate of drug-likeness (QED) is 0.480. The van der Waals surface area contributed by atoms with Crippen LogP contribution in [-0.4, -0.2) is 45.0 Å². The van der Waals surface area contributed by atoms with E-state index in [1.165, 1.54) is 6.08 Å². The van der Waals surface area contributed by atoms with Gasteiger partial charge < -0.3 is 15.5 Å². The van der Waals surface area contributed by atoms with Crippen LogP contribution in [0.5, 0.6) is 0 Å². The Hall–Kier alpha value is -3.59. The summed E-state index contributed by atoms with van der Waals surface area (Å²) in [6.07, 6.45) is 5.63. The zero-order valence-electron chi connectivity index (χ0n) is 16.1. The molecule has 9 heteroatoms. The predicted molar refractivity (Wildman–Crippen MR) is 120 cm³/mol. The summed E-state index contributed by atoms with van der Waals surface area (Å²) in [5.74, 6) is 1.29. The highest BCUT2D eigenvalue weighted by molar-refractivity contribution is 7.17. The first-order valence-corrected chi connectivity index (χ1v) is 10.5. The van der Waals surface area contributed by atoms with E-state index in [9.17, 15) is 4.79 Å². The van der Waals surface area contributed by atoms with Gasteiger partial charge in [0.1, 0.15) is 12.1 Å². The number of carbonyl (C=O) groups is 1. The third kappa shape index (κ3) is 3.55. The lowest BCUT2D eigenvalue weighted by molar-refractivity contribution is -0.111.